The SMILES string of the molecule is CCc1nc(NC)cc(Oc2c(OC)cccc2OC)n1. The lowest BCUT2D eigenvalue weighted by molar-refractivity contribution is 0.341. The van der Waals surface area contributed by atoms with Crippen molar-refractivity contribution in [2.24, 2.45) is 0 Å². The van der Waals surface area contributed by atoms with Gasteiger partial charge in [-0.05, 0) is 12.1 Å². The van der Waals surface area contributed by atoms with Crippen LogP contribution >= 0.6 is 0 Å². The molecule has 0 saturated heterocycles. The van der Waals surface area contributed by atoms with Crippen molar-refractivity contribution in [3.63, 3.8) is 0 Å². The van der Waals surface area contributed by atoms with Gasteiger partial charge in [0.15, 0.2) is 11.5 Å². The summed E-state index contributed by atoms with van der Waals surface area (Å²) in [5.41, 5.74) is 0. The first-order chi connectivity index (χ1) is 10.2. The summed E-state index contributed by atoms with van der Waals surface area (Å²) in [5, 5.41) is 2.99. The van der Waals surface area contributed by atoms with Gasteiger partial charge >= 0.3 is 0 Å². The van der Waals surface area contributed by atoms with Crippen molar-refractivity contribution < 1.29 is 14.2 Å². The van der Waals surface area contributed by atoms with Crippen molar-refractivity contribution in [1.82, 2.24) is 9.97 Å². The zero-order valence-electron chi connectivity index (χ0n) is 12.6. The molecule has 0 unspecified atom stereocenters. The van der Waals surface area contributed by atoms with Crippen LogP contribution in [0.2, 0.25) is 0 Å². The van der Waals surface area contributed by atoms with Gasteiger partial charge in [-0.25, -0.2) is 4.98 Å². The van der Waals surface area contributed by atoms with Crippen molar-refractivity contribution in [1.29, 1.82) is 0 Å². The van der Waals surface area contributed by atoms with Gasteiger partial charge in [-0.3, -0.25) is 0 Å². The van der Waals surface area contributed by atoms with E-state index < -0.39 is 0 Å². The van der Waals surface area contributed by atoms with E-state index >= 15 is 0 Å². The monoisotopic (exact) mass is 289 g/mol. The molecule has 0 radical (unpaired) electrons. The smallest absolute Gasteiger partial charge is 0.225 e. The first-order valence-electron chi connectivity index (χ1n) is 6.66. The fourth-order valence-electron chi connectivity index (χ4n) is 1.83. The summed E-state index contributed by atoms with van der Waals surface area (Å²) in [6.07, 6.45) is 0.717. The van der Waals surface area contributed by atoms with Crippen LogP contribution in [0.3, 0.4) is 0 Å². The molecule has 0 fully saturated rings. The Hall–Kier alpha value is -2.50. The van der Waals surface area contributed by atoms with E-state index in [0.29, 0.717) is 34.8 Å². The van der Waals surface area contributed by atoms with Crippen molar-refractivity contribution in [2.75, 3.05) is 26.6 Å². The molecule has 0 aliphatic heterocycles. The number of rotatable bonds is 6. The molecule has 6 heteroatoms. The zero-order chi connectivity index (χ0) is 15.2. The van der Waals surface area contributed by atoms with E-state index in [1.165, 1.54) is 0 Å². The first kappa shape index (κ1) is 14.9. The minimum absolute atomic E-state index is 0.439. The predicted octanol–water partition coefficient (Wildman–Crippen LogP) is 2.89. The largest absolute Gasteiger partial charge is 0.493 e. The fraction of sp³-hybridized carbons (Fsp3) is 0.333. The average molecular weight is 289 g/mol. The maximum absolute atomic E-state index is 5.87. The summed E-state index contributed by atoms with van der Waals surface area (Å²) in [5.74, 6) is 3.49. The van der Waals surface area contributed by atoms with Gasteiger partial charge in [0.05, 0.1) is 14.2 Å². The predicted molar refractivity (Wildman–Crippen MR) is 80.6 cm³/mol. The molecule has 1 aromatic carbocycles. The number of nitrogens with one attached hydrogen (secondary N) is 1. The summed E-state index contributed by atoms with van der Waals surface area (Å²) in [6, 6.07) is 7.17. The standard InChI is InChI=1S/C15H19N3O3/c1-5-12-17-13(16-2)9-14(18-12)21-15-10(19-3)7-6-8-11(15)20-4/h6-9H,5H2,1-4H3,(H,16,17,18). The van der Waals surface area contributed by atoms with Crippen molar-refractivity contribution >= 4 is 5.82 Å². The average Bonchev–Trinajstić information content (AvgIpc) is 2.54. The van der Waals surface area contributed by atoms with Crippen molar-refractivity contribution in [2.45, 2.75) is 13.3 Å². The Kier molecular flexibility index (Phi) is 4.81. The highest BCUT2D eigenvalue weighted by Gasteiger charge is 2.14. The summed E-state index contributed by atoms with van der Waals surface area (Å²) >= 11 is 0. The Morgan fingerprint density at radius 1 is 1.10 bits per heavy atom. The van der Waals surface area contributed by atoms with Gasteiger partial charge in [-0.15, -0.1) is 0 Å². The Balaban J connectivity index is 2.42. The third-order valence-electron chi connectivity index (χ3n) is 2.91. The Labute approximate surface area is 124 Å². The molecule has 0 bridgehead atoms. The number of nitrogens with zero attached hydrogens (tertiary/aromatic N) is 2. The molecular weight excluding hydrogens is 270 g/mol. The number of benzene rings is 1. The molecule has 21 heavy (non-hydrogen) atoms. The van der Waals surface area contributed by atoms with Crippen molar-refractivity contribution in [3.8, 4) is 23.1 Å². The summed E-state index contributed by atoms with van der Waals surface area (Å²) < 4.78 is 16.5. The van der Waals surface area contributed by atoms with Crippen LogP contribution in [0.1, 0.15) is 12.7 Å². The van der Waals surface area contributed by atoms with E-state index in [1.54, 1.807) is 39.5 Å². The highest BCUT2D eigenvalue weighted by atomic mass is 16.5. The van der Waals surface area contributed by atoms with E-state index in [4.69, 9.17) is 14.2 Å². The maximum Gasteiger partial charge on any atom is 0.225 e. The number of hydrogen-bond donors (Lipinski definition) is 1. The molecule has 6 nitrogen and oxygen atoms in total. The molecule has 0 aliphatic carbocycles. The Morgan fingerprint density at radius 2 is 1.76 bits per heavy atom. The van der Waals surface area contributed by atoms with Crippen LogP contribution in [0, 0.1) is 0 Å². The second kappa shape index (κ2) is 6.78. The van der Waals surface area contributed by atoms with Gasteiger partial charge in [-0.2, -0.15) is 4.98 Å². The van der Waals surface area contributed by atoms with Crippen LogP contribution in [-0.2, 0) is 6.42 Å². The minimum Gasteiger partial charge on any atom is -0.493 e. The number of anilines is 1. The van der Waals surface area contributed by atoms with Crippen LogP contribution in [0.15, 0.2) is 24.3 Å². The highest BCUT2D eigenvalue weighted by molar-refractivity contribution is 5.53. The first-order valence-corrected chi connectivity index (χ1v) is 6.66. The molecule has 0 aliphatic rings. The lowest BCUT2D eigenvalue weighted by atomic mass is 10.3. The molecule has 0 saturated carbocycles. The maximum atomic E-state index is 5.87. The second-order valence-electron chi connectivity index (χ2n) is 4.20. The number of hydrogen-bond acceptors (Lipinski definition) is 6. The molecule has 1 aromatic heterocycles. The lowest BCUT2D eigenvalue weighted by Crippen LogP contribution is -2.02. The van der Waals surface area contributed by atoms with E-state index in [0.717, 1.165) is 6.42 Å². The third kappa shape index (κ3) is 3.34. The Bertz CT molecular complexity index is 573. The van der Waals surface area contributed by atoms with Crippen LogP contribution in [-0.4, -0.2) is 31.2 Å². The van der Waals surface area contributed by atoms with Crippen LogP contribution < -0.4 is 19.5 Å². The number of aromatic nitrogens is 2. The van der Waals surface area contributed by atoms with Gasteiger partial charge in [0.1, 0.15) is 11.6 Å². The Morgan fingerprint density at radius 3 is 2.29 bits per heavy atom. The summed E-state index contributed by atoms with van der Waals surface area (Å²) in [4.78, 5) is 8.69. The van der Waals surface area contributed by atoms with E-state index in [2.05, 4.69) is 15.3 Å². The topological polar surface area (TPSA) is 65.5 Å². The number of aryl methyl sites for hydroxylation is 1. The molecule has 0 atom stereocenters. The molecule has 0 spiro atoms. The van der Waals surface area contributed by atoms with Crippen molar-refractivity contribution in [3.05, 3.63) is 30.1 Å². The quantitative estimate of drug-likeness (QED) is 0.882. The van der Waals surface area contributed by atoms with E-state index in [9.17, 15) is 0 Å². The van der Waals surface area contributed by atoms with Gasteiger partial charge < -0.3 is 19.5 Å². The van der Waals surface area contributed by atoms with Gasteiger partial charge in [0.2, 0.25) is 11.6 Å². The van der Waals surface area contributed by atoms with E-state index in [1.807, 2.05) is 13.0 Å². The van der Waals surface area contributed by atoms with Gasteiger partial charge in [0.25, 0.3) is 0 Å². The van der Waals surface area contributed by atoms with Gasteiger partial charge in [-0.1, -0.05) is 13.0 Å². The molecule has 0 amide bonds. The molecular formula is C15H19N3O3. The third-order valence-corrected chi connectivity index (χ3v) is 2.91. The normalized spacial score (nSPS) is 10.1. The van der Waals surface area contributed by atoms with Crippen LogP contribution in [0.25, 0.3) is 0 Å². The number of ether oxygens (including phenoxy) is 3. The minimum atomic E-state index is 0.439. The molecule has 112 valence electrons. The zero-order valence-corrected chi connectivity index (χ0v) is 12.6. The lowest BCUT2D eigenvalue weighted by Gasteiger charge is -2.14. The summed E-state index contributed by atoms with van der Waals surface area (Å²) in [7, 11) is 4.96. The highest BCUT2D eigenvalue weighted by Crippen LogP contribution is 2.39. The molecule has 1 N–H and O–H groups in total. The second-order valence-corrected chi connectivity index (χ2v) is 4.20. The van der Waals surface area contributed by atoms with Crippen LogP contribution in [0.4, 0.5) is 5.82 Å². The molecule has 2 aromatic rings. The fourth-order valence-corrected chi connectivity index (χ4v) is 1.83. The number of para-hydroxylation sites is 1. The van der Waals surface area contributed by atoms with E-state index in [-0.39, 0.29) is 0 Å². The molecule has 1 heterocycles. The van der Waals surface area contributed by atoms with Gasteiger partial charge in [0, 0.05) is 19.5 Å². The van der Waals surface area contributed by atoms with Crippen LogP contribution in [0.5, 0.6) is 23.1 Å². The summed E-state index contributed by atoms with van der Waals surface area (Å²) in [6.45, 7) is 1.99. The number of methoxy groups -OCH3 is 2. The molecule has 2 rings (SSSR count).